The van der Waals surface area contributed by atoms with Crippen molar-refractivity contribution in [2.45, 2.75) is 31.8 Å². The molecule has 0 heterocycles. The molecule has 0 saturated carbocycles. The molecule has 3 heteroatoms. The molecule has 2 aromatic carbocycles. The van der Waals surface area contributed by atoms with Gasteiger partial charge in [0.15, 0.2) is 11.5 Å². The lowest BCUT2D eigenvalue weighted by Crippen LogP contribution is -2.07. The van der Waals surface area contributed by atoms with Crippen LogP contribution in [0.25, 0.3) is 6.08 Å². The number of rotatable bonds is 7. The Morgan fingerprint density at radius 1 is 0.909 bits per heavy atom. The van der Waals surface area contributed by atoms with Gasteiger partial charge in [-0.05, 0) is 48.9 Å². The number of hydrogen-bond donors (Lipinski definition) is 3. The minimum absolute atomic E-state index is 0.113. The van der Waals surface area contributed by atoms with E-state index < -0.39 is 0 Å². The second-order valence-electron chi connectivity index (χ2n) is 5.41. The fourth-order valence-corrected chi connectivity index (χ4v) is 2.27. The average molecular weight is 298 g/mol. The third-order valence-electron chi connectivity index (χ3n) is 3.58. The van der Waals surface area contributed by atoms with E-state index in [2.05, 4.69) is 12.2 Å². The van der Waals surface area contributed by atoms with E-state index in [9.17, 15) is 15.3 Å². The first-order valence-electron chi connectivity index (χ1n) is 7.55. The van der Waals surface area contributed by atoms with E-state index >= 15 is 0 Å². The summed E-state index contributed by atoms with van der Waals surface area (Å²) in [7, 11) is 0. The van der Waals surface area contributed by atoms with E-state index in [0.29, 0.717) is 19.3 Å². The van der Waals surface area contributed by atoms with Gasteiger partial charge in [0.2, 0.25) is 0 Å². The van der Waals surface area contributed by atoms with Crippen LogP contribution in [0, 0.1) is 0 Å². The first-order chi connectivity index (χ1) is 10.6. The van der Waals surface area contributed by atoms with Crippen molar-refractivity contribution in [3.8, 4) is 11.5 Å². The Kier molecular flexibility index (Phi) is 6.04. The Morgan fingerprint density at radius 2 is 1.68 bits per heavy atom. The Hall–Kier alpha value is -2.26. The summed E-state index contributed by atoms with van der Waals surface area (Å²) in [6, 6.07) is 14.9. The molecule has 0 aliphatic heterocycles. The van der Waals surface area contributed by atoms with Crippen molar-refractivity contribution < 1.29 is 15.3 Å². The largest absolute Gasteiger partial charge is 0.504 e. The molecule has 0 radical (unpaired) electrons. The first kappa shape index (κ1) is 16.1. The third kappa shape index (κ3) is 5.26. The Bertz CT molecular complexity index is 605. The van der Waals surface area contributed by atoms with Gasteiger partial charge < -0.3 is 15.3 Å². The average Bonchev–Trinajstić information content (AvgIpc) is 2.54. The highest BCUT2D eigenvalue weighted by Crippen LogP contribution is 2.25. The molecule has 0 spiro atoms. The molecule has 2 rings (SSSR count). The maximum absolute atomic E-state index is 9.99. The van der Waals surface area contributed by atoms with Crippen LogP contribution in [-0.2, 0) is 6.42 Å². The summed E-state index contributed by atoms with van der Waals surface area (Å²) in [4.78, 5) is 0. The van der Waals surface area contributed by atoms with Crippen molar-refractivity contribution >= 4 is 6.08 Å². The van der Waals surface area contributed by atoms with Crippen LogP contribution in [0.2, 0.25) is 0 Å². The second-order valence-corrected chi connectivity index (χ2v) is 5.41. The fourth-order valence-electron chi connectivity index (χ4n) is 2.27. The van der Waals surface area contributed by atoms with Crippen LogP contribution < -0.4 is 0 Å². The normalized spacial score (nSPS) is 12.6. The summed E-state index contributed by atoms with van der Waals surface area (Å²) in [6.07, 6.45) is 6.64. The van der Waals surface area contributed by atoms with Crippen LogP contribution in [0.5, 0.6) is 11.5 Å². The molecule has 3 N–H and O–H groups in total. The lowest BCUT2D eigenvalue weighted by atomic mass is 10.0. The summed E-state index contributed by atoms with van der Waals surface area (Å²) in [6.45, 7) is 0. The van der Waals surface area contributed by atoms with Gasteiger partial charge in [-0.1, -0.05) is 48.6 Å². The van der Waals surface area contributed by atoms with Crippen molar-refractivity contribution in [3.63, 3.8) is 0 Å². The van der Waals surface area contributed by atoms with Crippen LogP contribution in [0.4, 0.5) is 0 Å². The maximum atomic E-state index is 9.99. The van der Waals surface area contributed by atoms with Crippen molar-refractivity contribution in [2.24, 2.45) is 0 Å². The quantitative estimate of drug-likeness (QED) is 0.680. The summed E-state index contributed by atoms with van der Waals surface area (Å²) >= 11 is 0. The first-order valence-corrected chi connectivity index (χ1v) is 7.55. The molecule has 0 fully saturated rings. The van der Waals surface area contributed by atoms with E-state index in [4.69, 9.17) is 0 Å². The number of aromatic hydroxyl groups is 2. The molecule has 1 atom stereocenters. The van der Waals surface area contributed by atoms with Crippen molar-refractivity contribution in [1.82, 2.24) is 0 Å². The summed E-state index contributed by atoms with van der Waals surface area (Å²) in [5, 5.41) is 28.7. The number of aliphatic hydroxyl groups excluding tert-OH is 1. The molecule has 0 amide bonds. The number of phenols is 2. The van der Waals surface area contributed by atoms with E-state index in [1.165, 1.54) is 12.1 Å². The molecule has 0 aliphatic rings. The predicted octanol–water partition coefficient (Wildman–Crippen LogP) is 3.88. The van der Waals surface area contributed by atoms with Gasteiger partial charge in [0.1, 0.15) is 0 Å². The highest BCUT2D eigenvalue weighted by atomic mass is 16.3. The third-order valence-corrected chi connectivity index (χ3v) is 3.58. The van der Waals surface area contributed by atoms with Crippen LogP contribution >= 0.6 is 0 Å². The molecule has 22 heavy (non-hydrogen) atoms. The number of aliphatic hydroxyl groups is 1. The number of benzene rings is 2. The molecule has 3 nitrogen and oxygen atoms in total. The standard InChI is InChI=1S/C19H22O3/c20-17(9-5-4-8-15-6-2-1-3-7-15)12-10-16-11-13-18(21)19(22)14-16/h1-4,6-8,11,13-14,17,20-22H,5,9-10,12H2/b8-4+/t17-/m0/s1. The smallest absolute Gasteiger partial charge is 0.157 e. The lowest BCUT2D eigenvalue weighted by molar-refractivity contribution is 0.156. The highest BCUT2D eigenvalue weighted by Gasteiger charge is 2.05. The second kappa shape index (κ2) is 8.25. The zero-order valence-electron chi connectivity index (χ0n) is 12.5. The van der Waals surface area contributed by atoms with E-state index in [1.807, 2.05) is 30.3 Å². The number of aryl methyl sites for hydroxylation is 1. The van der Waals surface area contributed by atoms with Crippen LogP contribution in [0.15, 0.2) is 54.6 Å². The van der Waals surface area contributed by atoms with Crippen molar-refractivity contribution in [2.75, 3.05) is 0 Å². The van der Waals surface area contributed by atoms with Crippen LogP contribution in [0.3, 0.4) is 0 Å². The molecule has 0 aliphatic carbocycles. The Labute approximate surface area is 131 Å². The van der Waals surface area contributed by atoms with Gasteiger partial charge in [-0.3, -0.25) is 0 Å². The molecule has 116 valence electrons. The van der Waals surface area contributed by atoms with E-state index in [-0.39, 0.29) is 17.6 Å². The molecule has 2 aromatic rings. The number of phenolic OH excluding ortho intramolecular Hbond substituents is 2. The van der Waals surface area contributed by atoms with Gasteiger partial charge in [0.25, 0.3) is 0 Å². The van der Waals surface area contributed by atoms with E-state index in [0.717, 1.165) is 17.5 Å². The number of allylic oxidation sites excluding steroid dienone is 1. The SMILES string of the molecule is Oc1ccc(CC[C@@H](O)CC/C=C/c2ccccc2)cc1O. The highest BCUT2D eigenvalue weighted by molar-refractivity contribution is 5.48. The fraction of sp³-hybridized carbons (Fsp3) is 0.263. The maximum Gasteiger partial charge on any atom is 0.157 e. The van der Waals surface area contributed by atoms with Gasteiger partial charge in [-0.25, -0.2) is 0 Å². The molecule has 0 bridgehead atoms. The van der Waals surface area contributed by atoms with Crippen molar-refractivity contribution in [3.05, 3.63) is 65.7 Å². The van der Waals surface area contributed by atoms with Crippen molar-refractivity contribution in [1.29, 1.82) is 0 Å². The van der Waals surface area contributed by atoms with Gasteiger partial charge >= 0.3 is 0 Å². The van der Waals surface area contributed by atoms with Gasteiger partial charge in [0, 0.05) is 0 Å². The molecule has 0 saturated heterocycles. The van der Waals surface area contributed by atoms with E-state index in [1.54, 1.807) is 6.07 Å². The Balaban J connectivity index is 1.70. The minimum atomic E-state index is -0.364. The minimum Gasteiger partial charge on any atom is -0.504 e. The van der Waals surface area contributed by atoms with Gasteiger partial charge in [-0.15, -0.1) is 0 Å². The number of hydrogen-bond acceptors (Lipinski definition) is 3. The zero-order valence-corrected chi connectivity index (χ0v) is 12.5. The molecular weight excluding hydrogens is 276 g/mol. The predicted molar refractivity (Wildman–Crippen MR) is 88.8 cm³/mol. The zero-order chi connectivity index (χ0) is 15.8. The van der Waals surface area contributed by atoms with Gasteiger partial charge in [-0.2, -0.15) is 0 Å². The topological polar surface area (TPSA) is 60.7 Å². The van der Waals surface area contributed by atoms with Crippen LogP contribution in [-0.4, -0.2) is 21.4 Å². The summed E-state index contributed by atoms with van der Waals surface area (Å²) in [5.41, 5.74) is 2.07. The van der Waals surface area contributed by atoms with Gasteiger partial charge in [0.05, 0.1) is 6.10 Å². The molecule has 0 aromatic heterocycles. The summed E-state index contributed by atoms with van der Waals surface area (Å²) in [5.74, 6) is -0.229. The lowest BCUT2D eigenvalue weighted by Gasteiger charge is -2.09. The molecular formula is C19H22O3. The monoisotopic (exact) mass is 298 g/mol. The summed E-state index contributed by atoms with van der Waals surface area (Å²) < 4.78 is 0. The Morgan fingerprint density at radius 3 is 2.41 bits per heavy atom. The van der Waals surface area contributed by atoms with Crippen LogP contribution in [0.1, 0.15) is 30.4 Å². The molecule has 0 unspecified atom stereocenters.